The maximum Gasteiger partial charge on any atom is 0.240 e. The van der Waals surface area contributed by atoms with Crippen LogP contribution < -0.4 is 11.1 Å². The van der Waals surface area contributed by atoms with Gasteiger partial charge in [-0.1, -0.05) is 24.3 Å². The molecule has 0 aliphatic heterocycles. The maximum atomic E-state index is 11.7. The van der Waals surface area contributed by atoms with Gasteiger partial charge in [0.25, 0.3) is 0 Å². The van der Waals surface area contributed by atoms with Gasteiger partial charge in [0.1, 0.15) is 0 Å². The minimum atomic E-state index is -0.582. The molecule has 0 aromatic heterocycles. The van der Waals surface area contributed by atoms with Crippen molar-refractivity contribution in [3.8, 4) is 0 Å². The van der Waals surface area contributed by atoms with E-state index in [0.717, 1.165) is 24.9 Å². The van der Waals surface area contributed by atoms with Crippen molar-refractivity contribution in [2.45, 2.75) is 31.5 Å². The van der Waals surface area contributed by atoms with Crippen LogP contribution in [0.4, 0.5) is 0 Å². The fourth-order valence-corrected chi connectivity index (χ4v) is 1.92. The number of nitrogens with zero attached hydrogens (tertiary/aromatic N) is 1. The van der Waals surface area contributed by atoms with Gasteiger partial charge in [0.05, 0.1) is 5.54 Å². The molecule has 0 atom stereocenters. The Balaban J connectivity index is 1.91. The first-order valence-corrected chi connectivity index (χ1v) is 6.29. The van der Waals surface area contributed by atoms with E-state index in [1.165, 1.54) is 5.56 Å². The van der Waals surface area contributed by atoms with E-state index in [1.807, 2.05) is 26.2 Å². The van der Waals surface area contributed by atoms with Crippen molar-refractivity contribution in [1.82, 2.24) is 10.2 Å². The summed E-state index contributed by atoms with van der Waals surface area (Å²) in [7, 11) is 4.08. The molecule has 3 N–H and O–H groups in total. The van der Waals surface area contributed by atoms with Crippen molar-refractivity contribution in [3.63, 3.8) is 0 Å². The van der Waals surface area contributed by atoms with E-state index in [1.54, 1.807) is 0 Å². The average molecular weight is 247 g/mol. The van der Waals surface area contributed by atoms with E-state index in [4.69, 9.17) is 5.73 Å². The topological polar surface area (TPSA) is 58.4 Å². The molecular weight excluding hydrogens is 226 g/mol. The van der Waals surface area contributed by atoms with Gasteiger partial charge in [-0.3, -0.25) is 4.79 Å². The van der Waals surface area contributed by atoms with Gasteiger partial charge in [-0.25, -0.2) is 0 Å². The van der Waals surface area contributed by atoms with Crippen LogP contribution in [0.2, 0.25) is 0 Å². The van der Waals surface area contributed by atoms with E-state index < -0.39 is 5.54 Å². The van der Waals surface area contributed by atoms with E-state index >= 15 is 0 Å². The molecule has 0 saturated heterocycles. The second-order valence-corrected chi connectivity index (χ2v) is 5.40. The Bertz CT molecular complexity index is 438. The molecule has 0 radical (unpaired) electrons. The molecule has 0 spiro atoms. The van der Waals surface area contributed by atoms with Gasteiger partial charge in [0.2, 0.25) is 5.91 Å². The van der Waals surface area contributed by atoms with Crippen molar-refractivity contribution < 1.29 is 4.79 Å². The third-order valence-corrected chi connectivity index (χ3v) is 3.18. The first kappa shape index (κ1) is 13.1. The van der Waals surface area contributed by atoms with Crippen LogP contribution in [0, 0.1) is 0 Å². The zero-order chi connectivity index (χ0) is 13.2. The Kier molecular flexibility index (Phi) is 3.68. The lowest BCUT2D eigenvalue weighted by Gasteiger charge is -2.12. The molecule has 1 aliphatic carbocycles. The smallest absolute Gasteiger partial charge is 0.240 e. The number of carbonyl (C=O) groups excluding carboxylic acids is 1. The molecule has 4 heteroatoms. The number of nitrogens with one attached hydrogen (secondary N) is 1. The lowest BCUT2D eigenvalue weighted by atomic mass is 10.1. The fraction of sp³-hybridized carbons (Fsp3) is 0.500. The summed E-state index contributed by atoms with van der Waals surface area (Å²) in [5.74, 6) is -0.0273. The molecule has 0 unspecified atom stereocenters. The van der Waals surface area contributed by atoms with Crippen molar-refractivity contribution >= 4 is 5.91 Å². The number of nitrogens with two attached hydrogens (primary N) is 1. The number of rotatable bonds is 5. The highest BCUT2D eigenvalue weighted by molar-refractivity contribution is 5.88. The minimum Gasteiger partial charge on any atom is -0.350 e. The van der Waals surface area contributed by atoms with E-state index in [0.29, 0.717) is 6.54 Å². The third-order valence-electron chi connectivity index (χ3n) is 3.18. The summed E-state index contributed by atoms with van der Waals surface area (Å²) in [5, 5.41) is 2.90. The summed E-state index contributed by atoms with van der Waals surface area (Å²) in [6.07, 6.45) is 1.61. The Labute approximate surface area is 108 Å². The van der Waals surface area contributed by atoms with Gasteiger partial charge < -0.3 is 16.0 Å². The van der Waals surface area contributed by atoms with Crippen LogP contribution in [-0.2, 0) is 17.9 Å². The molecule has 1 fully saturated rings. The summed E-state index contributed by atoms with van der Waals surface area (Å²) >= 11 is 0. The lowest BCUT2D eigenvalue weighted by molar-refractivity contribution is -0.123. The summed E-state index contributed by atoms with van der Waals surface area (Å²) in [6, 6.07) is 8.26. The zero-order valence-corrected chi connectivity index (χ0v) is 11.1. The standard InChI is InChI=1S/C14H21N3O/c1-17(2)10-12-5-3-4-11(8-12)9-16-13(18)14(15)6-7-14/h3-5,8H,6-7,9-10,15H2,1-2H3,(H,16,18). The van der Waals surface area contributed by atoms with Crippen LogP contribution in [0.1, 0.15) is 24.0 Å². The molecule has 18 heavy (non-hydrogen) atoms. The highest BCUT2D eigenvalue weighted by Gasteiger charge is 2.45. The predicted octanol–water partition coefficient (Wildman–Crippen LogP) is 0.856. The summed E-state index contributed by atoms with van der Waals surface area (Å²) < 4.78 is 0. The van der Waals surface area contributed by atoms with Gasteiger partial charge >= 0.3 is 0 Å². The van der Waals surface area contributed by atoms with Crippen LogP contribution in [0.3, 0.4) is 0 Å². The number of hydrogen-bond donors (Lipinski definition) is 2. The summed E-state index contributed by atoms with van der Waals surface area (Å²) in [4.78, 5) is 13.8. The Morgan fingerprint density at radius 1 is 1.39 bits per heavy atom. The van der Waals surface area contributed by atoms with E-state index in [-0.39, 0.29) is 5.91 Å². The number of carbonyl (C=O) groups is 1. The number of amides is 1. The summed E-state index contributed by atoms with van der Waals surface area (Å²) in [6.45, 7) is 1.46. The molecular formula is C14H21N3O. The molecule has 1 aromatic carbocycles. The van der Waals surface area contributed by atoms with Gasteiger partial charge in [-0.05, 0) is 38.1 Å². The SMILES string of the molecule is CN(C)Cc1cccc(CNC(=O)C2(N)CC2)c1. The van der Waals surface area contributed by atoms with Crippen LogP contribution in [0.5, 0.6) is 0 Å². The maximum absolute atomic E-state index is 11.7. The Morgan fingerprint density at radius 2 is 2.06 bits per heavy atom. The van der Waals surface area contributed by atoms with Gasteiger partial charge in [-0.15, -0.1) is 0 Å². The largest absolute Gasteiger partial charge is 0.350 e. The second-order valence-electron chi connectivity index (χ2n) is 5.40. The molecule has 4 nitrogen and oxygen atoms in total. The van der Waals surface area contributed by atoms with Crippen LogP contribution in [0.15, 0.2) is 24.3 Å². The second kappa shape index (κ2) is 5.08. The number of benzene rings is 1. The highest BCUT2D eigenvalue weighted by Crippen LogP contribution is 2.32. The highest BCUT2D eigenvalue weighted by atomic mass is 16.2. The number of hydrogen-bond acceptors (Lipinski definition) is 3. The van der Waals surface area contributed by atoms with Gasteiger partial charge in [0.15, 0.2) is 0 Å². The molecule has 1 saturated carbocycles. The Morgan fingerprint density at radius 3 is 2.67 bits per heavy atom. The van der Waals surface area contributed by atoms with Crippen molar-refractivity contribution in [2.24, 2.45) is 5.73 Å². The summed E-state index contributed by atoms with van der Waals surface area (Å²) in [5.41, 5.74) is 7.62. The van der Waals surface area contributed by atoms with Crippen LogP contribution in [0.25, 0.3) is 0 Å². The van der Waals surface area contributed by atoms with E-state index in [9.17, 15) is 4.79 Å². The fourth-order valence-electron chi connectivity index (χ4n) is 1.92. The van der Waals surface area contributed by atoms with Crippen molar-refractivity contribution in [3.05, 3.63) is 35.4 Å². The molecule has 1 aliphatic rings. The van der Waals surface area contributed by atoms with Gasteiger partial charge in [-0.2, -0.15) is 0 Å². The minimum absolute atomic E-state index is 0.0273. The quantitative estimate of drug-likeness (QED) is 0.811. The monoisotopic (exact) mass is 247 g/mol. The van der Waals surface area contributed by atoms with E-state index in [2.05, 4.69) is 22.3 Å². The lowest BCUT2D eigenvalue weighted by Crippen LogP contribution is -2.42. The van der Waals surface area contributed by atoms with Crippen molar-refractivity contribution in [2.75, 3.05) is 14.1 Å². The van der Waals surface area contributed by atoms with Crippen molar-refractivity contribution in [1.29, 1.82) is 0 Å². The first-order valence-electron chi connectivity index (χ1n) is 6.29. The van der Waals surface area contributed by atoms with Crippen LogP contribution >= 0.6 is 0 Å². The average Bonchev–Trinajstić information content (AvgIpc) is 3.05. The third kappa shape index (κ3) is 3.31. The van der Waals surface area contributed by atoms with Gasteiger partial charge in [0, 0.05) is 13.1 Å². The molecule has 98 valence electrons. The van der Waals surface area contributed by atoms with Crippen LogP contribution in [-0.4, -0.2) is 30.4 Å². The molecule has 0 bridgehead atoms. The molecule has 1 aromatic rings. The molecule has 1 amide bonds. The Hall–Kier alpha value is -1.39. The predicted molar refractivity (Wildman–Crippen MR) is 71.8 cm³/mol. The molecule has 0 heterocycles. The first-order chi connectivity index (χ1) is 8.49. The molecule has 2 rings (SSSR count). The normalized spacial score (nSPS) is 16.7. The zero-order valence-electron chi connectivity index (χ0n) is 11.1.